The Morgan fingerprint density at radius 1 is 1.14 bits per heavy atom. The van der Waals surface area contributed by atoms with Gasteiger partial charge in [0.05, 0.1) is 5.02 Å². The topological polar surface area (TPSA) is 49.4 Å². The van der Waals surface area contributed by atoms with E-state index in [-0.39, 0.29) is 9.92 Å². The summed E-state index contributed by atoms with van der Waals surface area (Å²) in [5, 5.41) is 4.05. The Hall–Kier alpha value is -0.330. The first-order chi connectivity index (χ1) is 9.98. The summed E-state index contributed by atoms with van der Waals surface area (Å²) < 4.78 is 26.8. The van der Waals surface area contributed by atoms with Crippen molar-refractivity contribution < 1.29 is 8.42 Å². The van der Waals surface area contributed by atoms with E-state index in [1.165, 1.54) is 23.2 Å². The van der Waals surface area contributed by atoms with Gasteiger partial charge in [0, 0.05) is 30.7 Å². The average molecular weight is 349 g/mol. The van der Waals surface area contributed by atoms with Gasteiger partial charge in [-0.05, 0) is 43.4 Å². The van der Waals surface area contributed by atoms with Crippen LogP contribution in [0.15, 0.2) is 17.0 Å². The van der Waals surface area contributed by atoms with Crippen LogP contribution in [0, 0.1) is 0 Å². The van der Waals surface area contributed by atoms with Gasteiger partial charge in [0.25, 0.3) is 0 Å². The number of rotatable bonds is 5. The van der Waals surface area contributed by atoms with Crippen molar-refractivity contribution in [2.24, 2.45) is 0 Å². The maximum absolute atomic E-state index is 12.6. The summed E-state index contributed by atoms with van der Waals surface area (Å²) in [6.45, 7) is 1.71. The highest BCUT2D eigenvalue weighted by Gasteiger charge is 2.30. The Kier molecular flexibility index (Phi) is 4.48. The van der Waals surface area contributed by atoms with Crippen LogP contribution >= 0.6 is 23.2 Å². The highest BCUT2D eigenvalue weighted by atomic mass is 35.5. The molecule has 1 N–H and O–H groups in total. The van der Waals surface area contributed by atoms with Crippen molar-refractivity contribution in [1.29, 1.82) is 0 Å². The number of hydrogen-bond acceptors (Lipinski definition) is 3. The first-order valence-corrected chi connectivity index (χ1v) is 9.39. The molecule has 0 unspecified atom stereocenters. The van der Waals surface area contributed by atoms with Gasteiger partial charge >= 0.3 is 0 Å². The second-order valence-corrected chi connectivity index (χ2v) is 8.36. The quantitative estimate of drug-likeness (QED) is 0.889. The summed E-state index contributed by atoms with van der Waals surface area (Å²) in [5.74, 6) is 0. The largest absolute Gasteiger partial charge is 0.310 e. The van der Waals surface area contributed by atoms with Crippen molar-refractivity contribution in [3.63, 3.8) is 0 Å². The lowest BCUT2D eigenvalue weighted by Gasteiger charge is -2.18. The second-order valence-electron chi connectivity index (χ2n) is 5.64. The van der Waals surface area contributed by atoms with Crippen LogP contribution in [0.5, 0.6) is 0 Å². The molecule has 21 heavy (non-hydrogen) atoms. The molecule has 1 aliphatic carbocycles. The van der Waals surface area contributed by atoms with Crippen LogP contribution < -0.4 is 5.32 Å². The molecule has 1 aliphatic heterocycles. The molecule has 3 rings (SSSR count). The fourth-order valence-corrected chi connectivity index (χ4v) is 4.87. The van der Waals surface area contributed by atoms with E-state index in [1.54, 1.807) is 6.07 Å². The molecule has 116 valence electrons. The van der Waals surface area contributed by atoms with Crippen molar-refractivity contribution >= 4 is 33.2 Å². The number of halogens is 2. The molecule has 0 bridgehead atoms. The zero-order chi connectivity index (χ0) is 15.0. The molecule has 1 saturated carbocycles. The van der Waals surface area contributed by atoms with Gasteiger partial charge in [-0.3, -0.25) is 0 Å². The SMILES string of the molecule is O=S(=O)(c1cc(CNC2CC2)c(Cl)cc1Cl)N1CCCC1. The summed E-state index contributed by atoms with van der Waals surface area (Å²) in [7, 11) is -3.52. The van der Waals surface area contributed by atoms with E-state index in [2.05, 4.69) is 5.32 Å². The van der Waals surface area contributed by atoms with Crippen LogP contribution in [0.2, 0.25) is 10.0 Å². The van der Waals surface area contributed by atoms with Crippen molar-refractivity contribution in [1.82, 2.24) is 9.62 Å². The van der Waals surface area contributed by atoms with Gasteiger partial charge in [0.2, 0.25) is 10.0 Å². The van der Waals surface area contributed by atoms with Crippen LogP contribution in [-0.4, -0.2) is 31.9 Å². The first-order valence-electron chi connectivity index (χ1n) is 7.20. The Morgan fingerprint density at radius 2 is 1.81 bits per heavy atom. The smallest absolute Gasteiger partial charge is 0.244 e. The Labute approximate surface area is 135 Å². The molecule has 0 atom stereocenters. The predicted octanol–water partition coefficient (Wildman–Crippen LogP) is 3.03. The molecule has 1 aromatic rings. The minimum Gasteiger partial charge on any atom is -0.310 e. The summed E-state index contributed by atoms with van der Waals surface area (Å²) in [5.41, 5.74) is 0.783. The standard InChI is InChI=1S/C14H18Cl2N2O2S/c15-12-8-13(16)14(7-10(12)9-17-11-3-4-11)21(19,20)18-5-1-2-6-18/h7-8,11,17H,1-6,9H2. The van der Waals surface area contributed by atoms with E-state index >= 15 is 0 Å². The number of nitrogens with one attached hydrogen (secondary N) is 1. The molecule has 0 spiro atoms. The average Bonchev–Trinajstić information content (AvgIpc) is 3.08. The summed E-state index contributed by atoms with van der Waals surface area (Å²) in [6, 6.07) is 3.69. The van der Waals surface area contributed by atoms with E-state index in [0.717, 1.165) is 18.4 Å². The summed E-state index contributed by atoms with van der Waals surface area (Å²) in [6.07, 6.45) is 4.15. The van der Waals surface area contributed by atoms with Crippen molar-refractivity contribution in [2.75, 3.05) is 13.1 Å². The third-order valence-corrected chi connectivity index (χ3v) is 6.66. The molecule has 2 fully saturated rings. The van der Waals surface area contributed by atoms with E-state index in [0.29, 0.717) is 30.7 Å². The van der Waals surface area contributed by atoms with Crippen molar-refractivity contribution in [3.05, 3.63) is 27.7 Å². The van der Waals surface area contributed by atoms with Gasteiger partial charge in [0.15, 0.2) is 0 Å². The van der Waals surface area contributed by atoms with Gasteiger partial charge in [-0.2, -0.15) is 4.31 Å². The summed E-state index contributed by atoms with van der Waals surface area (Å²) >= 11 is 12.3. The molecule has 1 aromatic carbocycles. The molecule has 4 nitrogen and oxygen atoms in total. The maximum Gasteiger partial charge on any atom is 0.244 e. The molecule has 1 saturated heterocycles. The van der Waals surface area contributed by atoms with Gasteiger partial charge in [0.1, 0.15) is 4.90 Å². The highest BCUT2D eigenvalue weighted by molar-refractivity contribution is 7.89. The van der Waals surface area contributed by atoms with Gasteiger partial charge in [-0.15, -0.1) is 0 Å². The molecular formula is C14H18Cl2N2O2S. The van der Waals surface area contributed by atoms with Crippen LogP contribution in [0.1, 0.15) is 31.2 Å². The number of nitrogens with zero attached hydrogens (tertiary/aromatic N) is 1. The zero-order valence-corrected chi connectivity index (χ0v) is 13.9. The lowest BCUT2D eigenvalue weighted by molar-refractivity contribution is 0.477. The normalized spacial score (nSPS) is 20.1. The second kappa shape index (κ2) is 6.05. The van der Waals surface area contributed by atoms with Crippen LogP contribution in [0.4, 0.5) is 0 Å². The lowest BCUT2D eigenvalue weighted by Crippen LogP contribution is -2.28. The minimum atomic E-state index is -3.52. The molecule has 7 heteroatoms. The Morgan fingerprint density at radius 3 is 2.43 bits per heavy atom. The van der Waals surface area contributed by atoms with Crippen LogP contribution in [-0.2, 0) is 16.6 Å². The van der Waals surface area contributed by atoms with E-state index in [4.69, 9.17) is 23.2 Å². The summed E-state index contributed by atoms with van der Waals surface area (Å²) in [4.78, 5) is 0.170. The van der Waals surface area contributed by atoms with Gasteiger partial charge in [-0.1, -0.05) is 23.2 Å². The molecule has 0 aromatic heterocycles. The third kappa shape index (κ3) is 3.37. The first kappa shape index (κ1) is 15.6. The van der Waals surface area contributed by atoms with E-state index in [1.807, 2.05) is 0 Å². The fourth-order valence-electron chi connectivity index (χ4n) is 2.51. The van der Waals surface area contributed by atoms with Gasteiger partial charge in [-0.25, -0.2) is 8.42 Å². The number of hydrogen-bond donors (Lipinski definition) is 1. The monoisotopic (exact) mass is 348 g/mol. The molecule has 0 radical (unpaired) electrons. The maximum atomic E-state index is 12.6. The molecule has 0 amide bonds. The van der Waals surface area contributed by atoms with E-state index < -0.39 is 10.0 Å². The van der Waals surface area contributed by atoms with Crippen LogP contribution in [0.3, 0.4) is 0 Å². The van der Waals surface area contributed by atoms with Crippen molar-refractivity contribution in [3.8, 4) is 0 Å². The highest BCUT2D eigenvalue weighted by Crippen LogP contribution is 2.32. The van der Waals surface area contributed by atoms with Crippen LogP contribution in [0.25, 0.3) is 0 Å². The van der Waals surface area contributed by atoms with E-state index in [9.17, 15) is 8.42 Å². The molecule has 2 aliphatic rings. The number of sulfonamides is 1. The fraction of sp³-hybridized carbons (Fsp3) is 0.571. The van der Waals surface area contributed by atoms with Gasteiger partial charge < -0.3 is 5.32 Å². The molecular weight excluding hydrogens is 331 g/mol. The minimum absolute atomic E-state index is 0.170. The Bertz CT molecular complexity index is 639. The number of benzene rings is 1. The zero-order valence-electron chi connectivity index (χ0n) is 11.6. The predicted molar refractivity (Wildman–Crippen MR) is 84.3 cm³/mol. The lowest BCUT2D eigenvalue weighted by atomic mass is 10.2. The Balaban J connectivity index is 1.90. The van der Waals surface area contributed by atoms with Crippen molar-refractivity contribution in [2.45, 2.75) is 43.2 Å². The molecule has 1 heterocycles. The third-order valence-electron chi connectivity index (χ3n) is 3.94.